The summed E-state index contributed by atoms with van der Waals surface area (Å²) in [6.45, 7) is 4.21. The van der Waals surface area contributed by atoms with Crippen LogP contribution in [0.4, 0.5) is 9.59 Å². The number of carbonyl (C=O) groups is 4. The van der Waals surface area contributed by atoms with Gasteiger partial charge in [0.1, 0.15) is 28.4 Å². The summed E-state index contributed by atoms with van der Waals surface area (Å²) < 4.78 is 20.0. The Morgan fingerprint density at radius 3 is 1.76 bits per heavy atom. The van der Waals surface area contributed by atoms with Crippen molar-refractivity contribution in [2.45, 2.75) is 62.7 Å². The molecule has 0 saturated carbocycles. The number of aromatic amines is 2. The molecule has 0 bridgehead atoms. The highest BCUT2D eigenvalue weighted by Crippen LogP contribution is 2.34. The van der Waals surface area contributed by atoms with Crippen molar-refractivity contribution >= 4 is 36.4 Å². The Balaban J connectivity index is 0.00000673. The molecule has 0 radical (unpaired) electrons. The quantitative estimate of drug-likeness (QED) is 0.210. The minimum Gasteiger partial charge on any atom is -0.453 e. The Kier molecular flexibility index (Phi) is 14.3. The second-order valence-corrected chi connectivity index (χ2v) is 13.5. The first-order valence-electron chi connectivity index (χ1n) is 17.5. The first-order chi connectivity index (χ1) is 25.9. The standard InChI is InChI=1S/C38H46N8O8.ClH/c1-37(23-51-3,43-35(49)53-5)33(47)45-19-9-13-29(45)31-39-21-27(41-31)12-8-7-11-25-15-17-26(18-16-25)28-22-40-32(42-28)30-14-10-20-46(30)34(48)38(2,24-52-4)44-36(50)54-6;/h15-18,21-22,29-30H,9-10,13-14,19-20,23-24H2,1-6H3,(H,39,41)(H,40,42)(H,43,49)(H,44,50);1H/t29-,30-,37?,38?;/m1./s1. The van der Waals surface area contributed by atoms with Crippen LogP contribution >= 0.6 is 12.4 Å². The minimum absolute atomic E-state index is 0. The number of methoxy groups -OCH3 is 4. The summed E-state index contributed by atoms with van der Waals surface area (Å²) in [7, 11) is 5.42. The highest BCUT2D eigenvalue weighted by atomic mass is 35.5. The lowest BCUT2D eigenvalue weighted by atomic mass is 10.0. The maximum absolute atomic E-state index is 13.6. The molecule has 16 nitrogen and oxygen atoms in total. The third-order valence-corrected chi connectivity index (χ3v) is 9.45. The average Bonchev–Trinajstić information content (AvgIpc) is 4.00. The molecule has 17 heteroatoms. The SMILES string of the molecule is COCC(C)(NC(=O)OC)C(=O)N1CCC[C@@H]1c1ncc(C#CC#Cc2ccc(-c3cnc([C@H]4CCCN4C(=O)C(C)(COC)NC(=O)OC)[nH]3)cc2)[nH]1.Cl. The molecule has 3 aromatic rings. The van der Waals surface area contributed by atoms with Crippen molar-refractivity contribution in [3.05, 3.63) is 59.6 Å². The van der Waals surface area contributed by atoms with E-state index < -0.39 is 23.3 Å². The van der Waals surface area contributed by atoms with Gasteiger partial charge in [-0.1, -0.05) is 18.1 Å². The Bertz CT molecular complexity index is 1960. The predicted molar refractivity (Wildman–Crippen MR) is 203 cm³/mol. The van der Waals surface area contributed by atoms with E-state index in [0.717, 1.165) is 36.1 Å². The molecule has 4 atom stereocenters. The molecule has 2 saturated heterocycles. The summed E-state index contributed by atoms with van der Waals surface area (Å²) in [5.74, 6) is 12.4. The minimum atomic E-state index is -1.31. The molecule has 294 valence electrons. The maximum atomic E-state index is 13.6. The van der Waals surface area contributed by atoms with E-state index in [1.165, 1.54) is 28.4 Å². The van der Waals surface area contributed by atoms with Crippen LogP contribution in [0.15, 0.2) is 36.7 Å². The van der Waals surface area contributed by atoms with Gasteiger partial charge in [-0.2, -0.15) is 0 Å². The van der Waals surface area contributed by atoms with Crippen LogP contribution in [0.2, 0.25) is 0 Å². The highest BCUT2D eigenvalue weighted by molar-refractivity contribution is 5.91. The third kappa shape index (κ3) is 9.77. The van der Waals surface area contributed by atoms with Crippen LogP contribution in [0.1, 0.15) is 74.5 Å². The van der Waals surface area contributed by atoms with Crippen LogP contribution in [0, 0.1) is 23.7 Å². The fraction of sp³-hybridized carbons (Fsp3) is 0.474. The first-order valence-corrected chi connectivity index (χ1v) is 17.5. The van der Waals surface area contributed by atoms with Gasteiger partial charge in [0.05, 0.1) is 57.6 Å². The van der Waals surface area contributed by atoms with E-state index in [9.17, 15) is 19.2 Å². The molecule has 55 heavy (non-hydrogen) atoms. The third-order valence-electron chi connectivity index (χ3n) is 9.45. The van der Waals surface area contributed by atoms with Crippen LogP contribution in [0.5, 0.6) is 0 Å². The molecular formula is C38H47ClN8O8. The Hall–Kier alpha value is -5.55. The number of rotatable bonds is 11. The molecule has 2 unspecified atom stereocenters. The topological polar surface area (TPSA) is 193 Å². The van der Waals surface area contributed by atoms with E-state index in [-0.39, 0.29) is 49.5 Å². The van der Waals surface area contributed by atoms with Gasteiger partial charge in [0.25, 0.3) is 11.8 Å². The molecule has 2 aliphatic rings. The molecule has 5 rings (SSSR count). The van der Waals surface area contributed by atoms with Gasteiger partial charge in [0, 0.05) is 32.9 Å². The number of benzene rings is 1. The zero-order valence-corrected chi connectivity index (χ0v) is 32.6. The number of ether oxygens (including phenoxy) is 4. The number of H-pyrrole nitrogens is 2. The van der Waals surface area contributed by atoms with Crippen molar-refractivity contribution in [2.24, 2.45) is 0 Å². The normalized spacial score (nSPS) is 18.3. The Morgan fingerprint density at radius 2 is 1.25 bits per heavy atom. The summed E-state index contributed by atoms with van der Waals surface area (Å²) in [6.07, 6.45) is 4.90. The monoisotopic (exact) mass is 778 g/mol. The van der Waals surface area contributed by atoms with Crippen molar-refractivity contribution in [3.8, 4) is 34.9 Å². The fourth-order valence-corrected chi connectivity index (χ4v) is 6.81. The van der Waals surface area contributed by atoms with E-state index in [1.54, 1.807) is 36.0 Å². The summed E-state index contributed by atoms with van der Waals surface area (Å²) >= 11 is 0. The van der Waals surface area contributed by atoms with Crippen molar-refractivity contribution in [3.63, 3.8) is 0 Å². The van der Waals surface area contributed by atoms with Gasteiger partial charge in [-0.3, -0.25) is 9.59 Å². The smallest absolute Gasteiger partial charge is 0.407 e. The van der Waals surface area contributed by atoms with Gasteiger partial charge in [0.15, 0.2) is 0 Å². The number of amides is 4. The molecule has 4 heterocycles. The molecular weight excluding hydrogens is 732 g/mol. The first kappa shape index (κ1) is 42.2. The molecule has 2 fully saturated rings. The van der Waals surface area contributed by atoms with Gasteiger partial charge in [-0.25, -0.2) is 19.6 Å². The number of aromatic nitrogens is 4. The van der Waals surface area contributed by atoms with Crippen molar-refractivity contribution < 1.29 is 38.1 Å². The number of hydrogen-bond donors (Lipinski definition) is 4. The van der Waals surface area contributed by atoms with Crippen LogP contribution in [0.25, 0.3) is 11.3 Å². The molecule has 4 amide bonds. The second kappa shape index (κ2) is 18.7. The highest BCUT2D eigenvalue weighted by Gasteiger charge is 2.45. The summed E-state index contributed by atoms with van der Waals surface area (Å²) in [5, 5.41) is 5.23. The largest absolute Gasteiger partial charge is 0.453 e. The zero-order valence-electron chi connectivity index (χ0n) is 31.7. The van der Waals surface area contributed by atoms with Crippen LogP contribution < -0.4 is 10.6 Å². The number of nitrogens with zero attached hydrogens (tertiary/aromatic N) is 4. The average molecular weight is 779 g/mol. The lowest BCUT2D eigenvalue weighted by Crippen LogP contribution is -2.60. The zero-order chi connectivity index (χ0) is 38.9. The summed E-state index contributed by atoms with van der Waals surface area (Å²) in [4.78, 5) is 70.3. The van der Waals surface area contributed by atoms with E-state index in [0.29, 0.717) is 36.9 Å². The number of halogens is 1. The molecule has 2 aliphatic heterocycles. The Morgan fingerprint density at radius 1 is 0.764 bits per heavy atom. The predicted octanol–water partition coefficient (Wildman–Crippen LogP) is 3.47. The van der Waals surface area contributed by atoms with Gasteiger partial charge >= 0.3 is 12.2 Å². The van der Waals surface area contributed by atoms with Crippen LogP contribution in [0.3, 0.4) is 0 Å². The summed E-state index contributed by atoms with van der Waals surface area (Å²) in [5.41, 5.74) is 0.389. The van der Waals surface area contributed by atoms with Gasteiger partial charge < -0.3 is 49.3 Å². The fourth-order valence-electron chi connectivity index (χ4n) is 6.81. The van der Waals surface area contributed by atoms with Crippen LogP contribution in [-0.2, 0) is 28.5 Å². The number of carbonyl (C=O) groups excluding carboxylic acids is 4. The lowest BCUT2D eigenvalue weighted by molar-refractivity contribution is -0.141. The number of nitrogens with one attached hydrogen (secondary N) is 4. The molecule has 0 spiro atoms. The van der Waals surface area contributed by atoms with Crippen molar-refractivity contribution in [1.82, 2.24) is 40.4 Å². The van der Waals surface area contributed by atoms with E-state index in [1.807, 2.05) is 24.3 Å². The maximum Gasteiger partial charge on any atom is 0.407 e. The van der Waals surface area contributed by atoms with E-state index >= 15 is 0 Å². The van der Waals surface area contributed by atoms with Crippen molar-refractivity contribution in [2.75, 3.05) is 54.7 Å². The van der Waals surface area contributed by atoms with Gasteiger partial charge in [0.2, 0.25) is 0 Å². The second-order valence-electron chi connectivity index (χ2n) is 13.5. The summed E-state index contributed by atoms with van der Waals surface area (Å²) in [6, 6.07) is 7.02. The number of alkyl carbamates (subject to hydrolysis) is 2. The molecule has 0 aliphatic carbocycles. The number of likely N-dealkylation sites (tertiary alicyclic amines) is 2. The van der Waals surface area contributed by atoms with Gasteiger partial charge in [-0.15, -0.1) is 12.4 Å². The number of imidazole rings is 2. The Labute approximate surface area is 326 Å². The van der Waals surface area contributed by atoms with E-state index in [4.69, 9.17) is 18.9 Å². The van der Waals surface area contributed by atoms with Crippen molar-refractivity contribution in [1.29, 1.82) is 0 Å². The van der Waals surface area contributed by atoms with E-state index in [2.05, 4.69) is 54.3 Å². The van der Waals surface area contributed by atoms with Crippen LogP contribution in [-0.4, -0.2) is 120 Å². The number of hydrogen-bond acceptors (Lipinski definition) is 10. The molecule has 2 aromatic heterocycles. The van der Waals surface area contributed by atoms with Gasteiger partial charge in [-0.05, 0) is 75.0 Å². The molecule has 1 aromatic carbocycles. The molecule has 4 N–H and O–H groups in total. The lowest BCUT2D eigenvalue weighted by Gasteiger charge is -2.34.